The number of para-hydroxylation sites is 1. The van der Waals surface area contributed by atoms with Gasteiger partial charge in [-0.05, 0) is 39.1 Å². The molecule has 0 fully saturated rings. The minimum Gasteiger partial charge on any atom is -0.358 e. The molecule has 0 atom stereocenters. The second-order valence-electron chi connectivity index (χ2n) is 5.43. The van der Waals surface area contributed by atoms with Gasteiger partial charge >= 0.3 is 0 Å². The number of benzene rings is 1. The molecule has 0 aliphatic heterocycles. The van der Waals surface area contributed by atoms with Gasteiger partial charge in [-0.2, -0.15) is 0 Å². The molecule has 1 amide bonds. The first-order chi connectivity index (χ1) is 9.58. The molecule has 0 saturated carbocycles. The Labute approximate surface area is 120 Å². The first kappa shape index (κ1) is 14.6. The fourth-order valence-corrected chi connectivity index (χ4v) is 2.40. The number of aromatic amines is 1. The van der Waals surface area contributed by atoms with Crippen LogP contribution < -0.4 is 5.32 Å². The zero-order valence-electron chi connectivity index (χ0n) is 12.5. The fraction of sp³-hybridized carbons (Fsp3) is 0.438. The van der Waals surface area contributed by atoms with E-state index in [4.69, 9.17) is 0 Å². The maximum atomic E-state index is 11.8. The van der Waals surface area contributed by atoms with Gasteiger partial charge in [-0.1, -0.05) is 18.2 Å². The first-order valence-corrected chi connectivity index (χ1v) is 7.05. The molecule has 0 unspecified atom stereocenters. The molecule has 0 bridgehead atoms. The lowest BCUT2D eigenvalue weighted by Crippen LogP contribution is -2.31. The van der Waals surface area contributed by atoms with Gasteiger partial charge in [-0.3, -0.25) is 4.79 Å². The van der Waals surface area contributed by atoms with E-state index in [0.717, 1.165) is 24.2 Å². The SMILES string of the molecule is Cc1[nH]c2ccccc2c1CCC(=O)NCCN(C)C. The van der Waals surface area contributed by atoms with Crippen molar-refractivity contribution < 1.29 is 4.79 Å². The number of amides is 1. The van der Waals surface area contributed by atoms with Crippen LogP contribution in [0.1, 0.15) is 17.7 Å². The van der Waals surface area contributed by atoms with Crippen LogP contribution in [0.25, 0.3) is 10.9 Å². The fourth-order valence-electron chi connectivity index (χ4n) is 2.40. The van der Waals surface area contributed by atoms with E-state index < -0.39 is 0 Å². The third-order valence-corrected chi connectivity index (χ3v) is 3.51. The van der Waals surface area contributed by atoms with Gasteiger partial charge in [0.1, 0.15) is 0 Å². The van der Waals surface area contributed by atoms with Gasteiger partial charge < -0.3 is 15.2 Å². The molecule has 4 heteroatoms. The molecule has 0 aliphatic carbocycles. The summed E-state index contributed by atoms with van der Waals surface area (Å²) >= 11 is 0. The lowest BCUT2D eigenvalue weighted by molar-refractivity contribution is -0.121. The smallest absolute Gasteiger partial charge is 0.220 e. The van der Waals surface area contributed by atoms with Crippen molar-refractivity contribution in [1.82, 2.24) is 15.2 Å². The van der Waals surface area contributed by atoms with E-state index in [2.05, 4.69) is 34.3 Å². The summed E-state index contributed by atoms with van der Waals surface area (Å²) in [6.07, 6.45) is 1.32. The van der Waals surface area contributed by atoms with Gasteiger partial charge in [0.2, 0.25) is 5.91 Å². The van der Waals surface area contributed by atoms with E-state index in [1.807, 2.05) is 26.2 Å². The monoisotopic (exact) mass is 273 g/mol. The van der Waals surface area contributed by atoms with Crippen LogP contribution in [0.5, 0.6) is 0 Å². The van der Waals surface area contributed by atoms with E-state index in [-0.39, 0.29) is 5.91 Å². The number of aromatic nitrogens is 1. The average molecular weight is 273 g/mol. The average Bonchev–Trinajstić information content (AvgIpc) is 2.71. The molecule has 4 nitrogen and oxygen atoms in total. The Balaban J connectivity index is 1.92. The Morgan fingerprint density at radius 1 is 1.30 bits per heavy atom. The molecule has 0 spiro atoms. The Kier molecular flexibility index (Phi) is 4.79. The highest BCUT2D eigenvalue weighted by molar-refractivity contribution is 5.85. The predicted molar refractivity (Wildman–Crippen MR) is 82.9 cm³/mol. The van der Waals surface area contributed by atoms with E-state index >= 15 is 0 Å². The van der Waals surface area contributed by atoms with Crippen LogP contribution in [0, 0.1) is 6.92 Å². The summed E-state index contributed by atoms with van der Waals surface area (Å²) < 4.78 is 0. The number of hydrogen-bond donors (Lipinski definition) is 2. The third kappa shape index (κ3) is 3.61. The Morgan fingerprint density at radius 3 is 2.80 bits per heavy atom. The molecule has 2 aromatic rings. The first-order valence-electron chi connectivity index (χ1n) is 7.05. The van der Waals surface area contributed by atoms with E-state index in [9.17, 15) is 4.79 Å². The molecule has 2 rings (SSSR count). The molecule has 0 aliphatic rings. The van der Waals surface area contributed by atoms with Crippen molar-refractivity contribution in [2.45, 2.75) is 19.8 Å². The van der Waals surface area contributed by atoms with Crippen molar-refractivity contribution in [3.63, 3.8) is 0 Å². The Hall–Kier alpha value is -1.81. The molecule has 1 heterocycles. The van der Waals surface area contributed by atoms with Crippen LogP contribution >= 0.6 is 0 Å². The van der Waals surface area contributed by atoms with Crippen molar-refractivity contribution in [2.75, 3.05) is 27.2 Å². The van der Waals surface area contributed by atoms with Gasteiger partial charge in [0.15, 0.2) is 0 Å². The molecule has 108 valence electrons. The quantitative estimate of drug-likeness (QED) is 0.846. The highest BCUT2D eigenvalue weighted by Gasteiger charge is 2.09. The zero-order chi connectivity index (χ0) is 14.5. The van der Waals surface area contributed by atoms with E-state index in [1.165, 1.54) is 10.9 Å². The Morgan fingerprint density at radius 2 is 2.05 bits per heavy atom. The number of fused-ring (bicyclic) bond motifs is 1. The maximum absolute atomic E-state index is 11.8. The van der Waals surface area contributed by atoms with Crippen LogP contribution in [0.2, 0.25) is 0 Å². The number of nitrogens with zero attached hydrogens (tertiary/aromatic N) is 1. The molecule has 2 N–H and O–H groups in total. The highest BCUT2D eigenvalue weighted by atomic mass is 16.1. The van der Waals surface area contributed by atoms with Crippen LogP contribution in [0.15, 0.2) is 24.3 Å². The van der Waals surface area contributed by atoms with Crippen LogP contribution in [-0.4, -0.2) is 43.0 Å². The van der Waals surface area contributed by atoms with Crippen molar-refractivity contribution in [2.24, 2.45) is 0 Å². The lowest BCUT2D eigenvalue weighted by Gasteiger charge is -2.10. The second kappa shape index (κ2) is 6.57. The standard InChI is InChI=1S/C16H23N3O/c1-12-13(14-6-4-5-7-15(14)18-12)8-9-16(20)17-10-11-19(2)3/h4-7,18H,8-11H2,1-3H3,(H,17,20). The summed E-state index contributed by atoms with van der Waals surface area (Å²) in [4.78, 5) is 17.3. The minimum atomic E-state index is 0.122. The van der Waals surface area contributed by atoms with Crippen LogP contribution in [0.4, 0.5) is 0 Å². The highest BCUT2D eigenvalue weighted by Crippen LogP contribution is 2.22. The number of carbonyl (C=O) groups is 1. The molecule has 1 aromatic heterocycles. The number of hydrogen-bond acceptors (Lipinski definition) is 2. The number of rotatable bonds is 6. The largest absolute Gasteiger partial charge is 0.358 e. The zero-order valence-corrected chi connectivity index (χ0v) is 12.5. The summed E-state index contributed by atoms with van der Waals surface area (Å²) in [5.74, 6) is 0.122. The maximum Gasteiger partial charge on any atom is 0.220 e. The normalized spacial score (nSPS) is 11.2. The summed E-state index contributed by atoms with van der Waals surface area (Å²) in [6, 6.07) is 8.24. The number of carbonyl (C=O) groups excluding carboxylic acids is 1. The predicted octanol–water partition coefficient (Wildman–Crippen LogP) is 2.09. The van der Waals surface area contributed by atoms with Gasteiger partial charge in [-0.15, -0.1) is 0 Å². The number of likely N-dealkylation sites (N-methyl/N-ethyl adjacent to an activating group) is 1. The summed E-state index contributed by atoms with van der Waals surface area (Å²) in [6.45, 7) is 3.65. The second-order valence-corrected chi connectivity index (χ2v) is 5.43. The molecular weight excluding hydrogens is 250 g/mol. The van der Waals surface area contributed by atoms with Crippen LogP contribution in [-0.2, 0) is 11.2 Å². The molecule has 1 aromatic carbocycles. The topological polar surface area (TPSA) is 48.1 Å². The third-order valence-electron chi connectivity index (χ3n) is 3.51. The van der Waals surface area contributed by atoms with Crippen molar-refractivity contribution in [3.8, 4) is 0 Å². The summed E-state index contributed by atoms with van der Waals surface area (Å²) in [7, 11) is 4.00. The summed E-state index contributed by atoms with van der Waals surface area (Å²) in [5.41, 5.74) is 3.56. The number of nitrogens with one attached hydrogen (secondary N) is 2. The number of H-pyrrole nitrogens is 1. The molecule has 0 radical (unpaired) electrons. The van der Waals surface area contributed by atoms with Gasteiger partial charge in [0.25, 0.3) is 0 Å². The van der Waals surface area contributed by atoms with E-state index in [0.29, 0.717) is 13.0 Å². The molecule has 20 heavy (non-hydrogen) atoms. The van der Waals surface area contributed by atoms with Gasteiger partial charge in [0, 0.05) is 36.1 Å². The van der Waals surface area contributed by atoms with Crippen molar-refractivity contribution in [3.05, 3.63) is 35.5 Å². The Bertz CT molecular complexity index is 586. The van der Waals surface area contributed by atoms with E-state index in [1.54, 1.807) is 0 Å². The van der Waals surface area contributed by atoms with Crippen molar-refractivity contribution in [1.29, 1.82) is 0 Å². The number of aryl methyl sites for hydroxylation is 2. The van der Waals surface area contributed by atoms with Crippen molar-refractivity contribution >= 4 is 16.8 Å². The minimum absolute atomic E-state index is 0.122. The molecular formula is C16H23N3O. The van der Waals surface area contributed by atoms with Gasteiger partial charge in [0.05, 0.1) is 0 Å². The summed E-state index contributed by atoms with van der Waals surface area (Å²) in [5, 5.41) is 4.18. The lowest BCUT2D eigenvalue weighted by atomic mass is 10.1. The van der Waals surface area contributed by atoms with Gasteiger partial charge in [-0.25, -0.2) is 0 Å². The van der Waals surface area contributed by atoms with Crippen LogP contribution in [0.3, 0.4) is 0 Å². The molecule has 0 saturated heterocycles.